The Balaban J connectivity index is 1.97. The van der Waals surface area contributed by atoms with Crippen LogP contribution in [-0.2, 0) is 36.5 Å². The molecule has 27 heavy (non-hydrogen) atoms. The zero-order valence-electron chi connectivity index (χ0n) is 17.0. The molecule has 2 rings (SSSR count). The van der Waals surface area contributed by atoms with Gasteiger partial charge in [-0.25, -0.2) is 0 Å². The van der Waals surface area contributed by atoms with Crippen molar-refractivity contribution in [3.63, 3.8) is 0 Å². The third-order valence-corrected chi connectivity index (χ3v) is 4.19. The van der Waals surface area contributed by atoms with Gasteiger partial charge in [0.15, 0.2) is 19.4 Å². The molecule has 1 aromatic rings. The lowest BCUT2D eigenvalue weighted by molar-refractivity contribution is -0.144. The Morgan fingerprint density at radius 2 is 1.85 bits per heavy atom. The lowest BCUT2D eigenvalue weighted by Crippen LogP contribution is -2.24. The monoisotopic (exact) mass is 384 g/mol. The van der Waals surface area contributed by atoms with E-state index in [2.05, 4.69) is 6.92 Å². The summed E-state index contributed by atoms with van der Waals surface area (Å²) in [5.41, 5.74) is 2.25. The maximum Gasteiger partial charge on any atom is 0.188 e. The van der Waals surface area contributed by atoms with Crippen molar-refractivity contribution in [2.45, 2.75) is 45.5 Å². The fraction of sp³-hybridized carbons (Fsp3) is 0.700. The quantitative estimate of drug-likeness (QED) is 0.405. The first-order valence-corrected chi connectivity index (χ1v) is 9.27. The minimum atomic E-state index is -0.524. The summed E-state index contributed by atoms with van der Waals surface area (Å²) in [7, 11) is 3.19. The Labute approximate surface area is 161 Å². The highest BCUT2D eigenvalue weighted by Gasteiger charge is 2.32. The van der Waals surface area contributed by atoms with Gasteiger partial charge in [-0.15, -0.1) is 0 Å². The number of hydrogen-bond acceptors (Lipinski definition) is 7. The Morgan fingerprint density at radius 3 is 2.48 bits per heavy atom. The molecule has 1 aliphatic heterocycles. The van der Waals surface area contributed by atoms with E-state index in [4.69, 9.17) is 33.2 Å². The van der Waals surface area contributed by atoms with Crippen LogP contribution in [0.1, 0.15) is 31.9 Å². The van der Waals surface area contributed by atoms with Crippen molar-refractivity contribution in [2.75, 3.05) is 47.6 Å². The topological polar surface area (TPSA) is 64.6 Å². The molecule has 0 amide bonds. The van der Waals surface area contributed by atoms with E-state index < -0.39 is 5.79 Å². The molecule has 1 fully saturated rings. The molecule has 0 aliphatic carbocycles. The van der Waals surface area contributed by atoms with Crippen molar-refractivity contribution in [3.8, 4) is 11.5 Å². The standard InChI is InChI=1S/C20H32O7/c1-6-18-15(7-8-23-11-17-12-26-20(2,3)27-17)9-16(24-13-21-4)10-19(18)25-14-22-5/h9-10,17H,6-8,11-14H2,1-5H3. The van der Waals surface area contributed by atoms with Gasteiger partial charge in [0, 0.05) is 20.3 Å². The zero-order valence-corrected chi connectivity index (χ0v) is 17.0. The highest BCUT2D eigenvalue weighted by atomic mass is 16.7. The summed E-state index contributed by atoms with van der Waals surface area (Å²) in [5.74, 6) is 0.936. The normalized spacial score (nSPS) is 18.6. The minimum Gasteiger partial charge on any atom is -0.467 e. The molecule has 0 saturated carbocycles. The molecule has 1 unspecified atom stereocenters. The van der Waals surface area contributed by atoms with Crippen LogP contribution in [0, 0.1) is 0 Å². The van der Waals surface area contributed by atoms with Crippen LogP contribution in [-0.4, -0.2) is 59.5 Å². The molecule has 1 heterocycles. The third kappa shape index (κ3) is 6.93. The van der Waals surface area contributed by atoms with Crippen LogP contribution in [0.3, 0.4) is 0 Å². The van der Waals surface area contributed by atoms with E-state index >= 15 is 0 Å². The molecule has 0 spiro atoms. The SMILES string of the molecule is CCc1c(CCOCC2COC(C)(C)O2)cc(OCOC)cc1OCOC. The van der Waals surface area contributed by atoms with Gasteiger partial charge in [-0.1, -0.05) is 6.92 Å². The predicted octanol–water partition coefficient (Wildman–Crippen LogP) is 2.93. The number of hydrogen-bond donors (Lipinski definition) is 0. The fourth-order valence-corrected chi connectivity index (χ4v) is 3.00. The molecule has 154 valence electrons. The average molecular weight is 384 g/mol. The second-order valence-electron chi connectivity index (χ2n) is 6.79. The molecule has 0 bridgehead atoms. The maximum absolute atomic E-state index is 5.82. The molecular formula is C20H32O7. The first kappa shape index (κ1) is 21.9. The summed E-state index contributed by atoms with van der Waals surface area (Å²) >= 11 is 0. The highest BCUT2D eigenvalue weighted by Crippen LogP contribution is 2.30. The minimum absolute atomic E-state index is 0.0254. The lowest BCUT2D eigenvalue weighted by atomic mass is 10.0. The van der Waals surface area contributed by atoms with Crippen molar-refractivity contribution < 1.29 is 33.2 Å². The van der Waals surface area contributed by atoms with Crippen LogP contribution < -0.4 is 9.47 Å². The summed E-state index contributed by atoms with van der Waals surface area (Å²) in [4.78, 5) is 0. The molecule has 7 nitrogen and oxygen atoms in total. The van der Waals surface area contributed by atoms with Crippen molar-refractivity contribution in [2.24, 2.45) is 0 Å². The molecule has 0 N–H and O–H groups in total. The second-order valence-corrected chi connectivity index (χ2v) is 6.79. The van der Waals surface area contributed by atoms with E-state index in [9.17, 15) is 0 Å². The zero-order chi connectivity index (χ0) is 19.7. The lowest BCUT2D eigenvalue weighted by Gasteiger charge is -2.18. The predicted molar refractivity (Wildman–Crippen MR) is 100 cm³/mol. The first-order chi connectivity index (χ1) is 13.0. The van der Waals surface area contributed by atoms with Gasteiger partial charge in [-0.05, 0) is 43.9 Å². The van der Waals surface area contributed by atoms with E-state index in [1.165, 1.54) is 0 Å². The van der Waals surface area contributed by atoms with Crippen molar-refractivity contribution in [1.82, 2.24) is 0 Å². The summed E-state index contributed by atoms with van der Waals surface area (Å²) in [6.07, 6.45) is 1.56. The third-order valence-electron chi connectivity index (χ3n) is 4.19. The van der Waals surface area contributed by atoms with Gasteiger partial charge >= 0.3 is 0 Å². The summed E-state index contributed by atoms with van der Waals surface area (Å²) < 4.78 is 38.5. The smallest absolute Gasteiger partial charge is 0.188 e. The second kappa shape index (κ2) is 10.8. The average Bonchev–Trinajstić information content (AvgIpc) is 3.00. The molecule has 0 radical (unpaired) electrons. The molecular weight excluding hydrogens is 352 g/mol. The Kier molecular flexibility index (Phi) is 8.79. The van der Waals surface area contributed by atoms with Crippen LogP contribution in [0.25, 0.3) is 0 Å². The molecule has 1 saturated heterocycles. The first-order valence-electron chi connectivity index (χ1n) is 9.27. The van der Waals surface area contributed by atoms with Crippen LogP contribution in [0.15, 0.2) is 12.1 Å². The number of benzene rings is 1. The van der Waals surface area contributed by atoms with E-state index in [0.717, 1.165) is 29.7 Å². The molecule has 7 heteroatoms. The van der Waals surface area contributed by atoms with Gasteiger partial charge in [-0.2, -0.15) is 0 Å². The molecule has 1 aliphatic rings. The molecule has 1 atom stereocenters. The van der Waals surface area contributed by atoms with Crippen LogP contribution in [0.2, 0.25) is 0 Å². The van der Waals surface area contributed by atoms with Gasteiger partial charge in [0.1, 0.15) is 17.6 Å². The number of methoxy groups -OCH3 is 2. The van der Waals surface area contributed by atoms with E-state index in [1.807, 2.05) is 26.0 Å². The largest absolute Gasteiger partial charge is 0.467 e. The highest BCUT2D eigenvalue weighted by molar-refractivity contribution is 5.47. The van der Waals surface area contributed by atoms with Gasteiger partial charge in [-0.3, -0.25) is 0 Å². The number of rotatable bonds is 12. The van der Waals surface area contributed by atoms with E-state index in [-0.39, 0.29) is 19.7 Å². The van der Waals surface area contributed by atoms with Crippen LogP contribution in [0.5, 0.6) is 11.5 Å². The van der Waals surface area contributed by atoms with Crippen LogP contribution >= 0.6 is 0 Å². The summed E-state index contributed by atoms with van der Waals surface area (Å²) in [6.45, 7) is 7.93. The van der Waals surface area contributed by atoms with Gasteiger partial charge in [0.25, 0.3) is 0 Å². The van der Waals surface area contributed by atoms with Gasteiger partial charge < -0.3 is 33.2 Å². The summed E-state index contributed by atoms with van der Waals surface area (Å²) in [6, 6.07) is 3.88. The molecule has 0 aromatic heterocycles. The summed E-state index contributed by atoms with van der Waals surface area (Å²) in [5, 5.41) is 0. The maximum atomic E-state index is 5.82. The van der Waals surface area contributed by atoms with Crippen molar-refractivity contribution in [1.29, 1.82) is 0 Å². The van der Waals surface area contributed by atoms with Crippen molar-refractivity contribution >= 4 is 0 Å². The molecule has 1 aromatic carbocycles. The Morgan fingerprint density at radius 1 is 1.11 bits per heavy atom. The van der Waals surface area contributed by atoms with Gasteiger partial charge in [0.05, 0.1) is 19.8 Å². The van der Waals surface area contributed by atoms with Crippen molar-refractivity contribution in [3.05, 3.63) is 23.3 Å². The van der Waals surface area contributed by atoms with Crippen LogP contribution in [0.4, 0.5) is 0 Å². The Bertz CT molecular complexity index is 574. The van der Waals surface area contributed by atoms with E-state index in [0.29, 0.717) is 25.6 Å². The van der Waals surface area contributed by atoms with Gasteiger partial charge in [0.2, 0.25) is 0 Å². The number of ether oxygens (including phenoxy) is 7. The van der Waals surface area contributed by atoms with E-state index in [1.54, 1.807) is 14.2 Å². The fourth-order valence-electron chi connectivity index (χ4n) is 3.00. The Hall–Kier alpha value is -1.38.